The van der Waals surface area contributed by atoms with E-state index < -0.39 is 11.7 Å². The molecule has 5 nitrogen and oxygen atoms in total. The van der Waals surface area contributed by atoms with Crippen molar-refractivity contribution in [3.63, 3.8) is 0 Å². The number of anilines is 1. The van der Waals surface area contributed by atoms with Crippen molar-refractivity contribution in [1.29, 1.82) is 0 Å². The third kappa shape index (κ3) is 4.40. The van der Waals surface area contributed by atoms with Crippen molar-refractivity contribution in [1.82, 2.24) is 4.90 Å². The number of aliphatic hydroxyl groups excluding tert-OH is 1. The van der Waals surface area contributed by atoms with Gasteiger partial charge in [-0.25, -0.2) is 0 Å². The molecule has 0 bridgehead atoms. The fraction of sp³-hybridized carbons (Fsp3) is 0.500. The number of nitrogens with zero attached hydrogens (tertiary/aromatic N) is 2. The number of aryl methyl sites for hydroxylation is 1. The van der Waals surface area contributed by atoms with Crippen LogP contribution < -0.4 is 4.90 Å². The van der Waals surface area contributed by atoms with Crippen molar-refractivity contribution in [2.75, 3.05) is 31.1 Å². The summed E-state index contributed by atoms with van der Waals surface area (Å²) in [6, 6.07) is 14.0. The van der Waals surface area contributed by atoms with Crippen molar-refractivity contribution in [3.8, 4) is 0 Å². The molecule has 5 heteroatoms. The second-order valence-corrected chi connectivity index (χ2v) is 9.45. The molecule has 0 saturated carbocycles. The monoisotopic (exact) mass is 422 g/mol. The molecule has 0 spiro atoms. The molecule has 0 radical (unpaired) electrons. The number of likely N-dealkylation sites (tertiary alicyclic amines) is 1. The van der Waals surface area contributed by atoms with Gasteiger partial charge in [0.15, 0.2) is 0 Å². The first-order chi connectivity index (χ1) is 14.8. The molecule has 1 amide bonds. The second-order valence-electron chi connectivity index (χ2n) is 9.45. The molecule has 1 atom stereocenters. The Kier molecular flexibility index (Phi) is 6.20. The summed E-state index contributed by atoms with van der Waals surface area (Å²) in [5.41, 5.74) is 4.38. The van der Waals surface area contributed by atoms with Crippen molar-refractivity contribution < 1.29 is 15.0 Å². The summed E-state index contributed by atoms with van der Waals surface area (Å²) < 4.78 is 0. The Morgan fingerprint density at radius 3 is 2.48 bits per heavy atom. The van der Waals surface area contributed by atoms with E-state index in [1.54, 1.807) is 0 Å². The molecule has 2 aromatic carbocycles. The minimum absolute atomic E-state index is 0.0198. The normalized spacial score (nSPS) is 19.5. The Hall–Kier alpha value is -2.21. The maximum absolute atomic E-state index is 12.4. The third-order valence-electron chi connectivity index (χ3n) is 6.90. The number of aliphatic hydroxyl groups is 2. The fourth-order valence-electron chi connectivity index (χ4n) is 4.99. The summed E-state index contributed by atoms with van der Waals surface area (Å²) in [6.45, 7) is 8.68. The molecule has 2 heterocycles. The van der Waals surface area contributed by atoms with Gasteiger partial charge in [-0.05, 0) is 54.5 Å². The van der Waals surface area contributed by atoms with E-state index in [-0.39, 0.29) is 11.8 Å². The molecular formula is C26H34N2O3. The molecule has 1 unspecified atom stereocenters. The standard InChI is InChI=1S/C26H34N2O3/c1-18(2)25(30)28-13-10-20-16-21(8-9-23(20)28)24(29)17-27-14-11-26(31,12-15-27)22-7-5-4-6-19(22)3/h4-9,16,18,24,29,31H,10-15,17H2,1-3H3. The first-order valence-corrected chi connectivity index (χ1v) is 11.4. The van der Waals surface area contributed by atoms with Crippen molar-refractivity contribution in [2.45, 2.75) is 51.7 Å². The number of benzene rings is 2. The summed E-state index contributed by atoms with van der Waals surface area (Å²) in [5.74, 6) is 0.134. The predicted octanol–water partition coefficient (Wildman–Crippen LogP) is 3.56. The second kappa shape index (κ2) is 8.73. The number of hydrogen-bond acceptors (Lipinski definition) is 4. The largest absolute Gasteiger partial charge is 0.387 e. The first kappa shape index (κ1) is 22.0. The molecule has 0 aromatic heterocycles. The molecule has 2 aromatic rings. The van der Waals surface area contributed by atoms with E-state index in [0.717, 1.165) is 54.0 Å². The van der Waals surface area contributed by atoms with Crippen LogP contribution in [0.4, 0.5) is 5.69 Å². The van der Waals surface area contributed by atoms with Gasteiger partial charge in [-0.3, -0.25) is 4.79 Å². The van der Waals surface area contributed by atoms with Crippen LogP contribution >= 0.6 is 0 Å². The molecule has 1 saturated heterocycles. The average molecular weight is 423 g/mol. The Labute approximate surface area is 185 Å². The summed E-state index contributed by atoms with van der Waals surface area (Å²) >= 11 is 0. The van der Waals surface area contributed by atoms with E-state index in [1.807, 2.05) is 62.1 Å². The molecule has 166 valence electrons. The lowest BCUT2D eigenvalue weighted by molar-refractivity contribution is -0.121. The van der Waals surface area contributed by atoms with Gasteiger partial charge in [0.25, 0.3) is 0 Å². The zero-order valence-electron chi connectivity index (χ0n) is 18.8. The van der Waals surface area contributed by atoms with Crippen LogP contribution in [0.3, 0.4) is 0 Å². The molecule has 0 aliphatic carbocycles. The van der Waals surface area contributed by atoms with E-state index in [4.69, 9.17) is 0 Å². The summed E-state index contributed by atoms with van der Waals surface area (Å²) in [5, 5.41) is 22.1. The zero-order valence-corrected chi connectivity index (χ0v) is 18.8. The van der Waals surface area contributed by atoms with Gasteiger partial charge in [-0.15, -0.1) is 0 Å². The van der Waals surface area contributed by atoms with Crippen LogP contribution in [0.2, 0.25) is 0 Å². The highest BCUT2D eigenvalue weighted by molar-refractivity contribution is 5.96. The number of rotatable bonds is 5. The number of fused-ring (bicyclic) bond motifs is 1. The predicted molar refractivity (Wildman–Crippen MR) is 123 cm³/mol. The Morgan fingerprint density at radius 1 is 1.10 bits per heavy atom. The van der Waals surface area contributed by atoms with Crippen LogP contribution in [0.15, 0.2) is 42.5 Å². The highest BCUT2D eigenvalue weighted by atomic mass is 16.3. The van der Waals surface area contributed by atoms with Crippen LogP contribution in [-0.4, -0.2) is 47.2 Å². The number of carbonyl (C=O) groups is 1. The van der Waals surface area contributed by atoms with Gasteiger partial charge in [-0.1, -0.05) is 50.2 Å². The first-order valence-electron chi connectivity index (χ1n) is 11.4. The number of amides is 1. The molecule has 2 aliphatic heterocycles. The molecular weight excluding hydrogens is 388 g/mol. The minimum atomic E-state index is -0.785. The van der Waals surface area contributed by atoms with Gasteiger partial charge in [0, 0.05) is 37.8 Å². The fourth-order valence-corrected chi connectivity index (χ4v) is 4.99. The average Bonchev–Trinajstić information content (AvgIpc) is 3.18. The van der Waals surface area contributed by atoms with Gasteiger partial charge >= 0.3 is 0 Å². The molecule has 31 heavy (non-hydrogen) atoms. The Balaban J connectivity index is 1.38. The van der Waals surface area contributed by atoms with Gasteiger partial charge in [-0.2, -0.15) is 0 Å². The van der Waals surface area contributed by atoms with Crippen molar-refractivity contribution >= 4 is 11.6 Å². The van der Waals surface area contributed by atoms with Gasteiger partial charge < -0.3 is 20.0 Å². The smallest absolute Gasteiger partial charge is 0.229 e. The Bertz CT molecular complexity index is 947. The van der Waals surface area contributed by atoms with E-state index >= 15 is 0 Å². The van der Waals surface area contributed by atoms with Crippen molar-refractivity contribution in [3.05, 3.63) is 64.7 Å². The SMILES string of the molecule is Cc1ccccc1C1(O)CCN(CC(O)c2ccc3c(c2)CCN3C(=O)C(C)C)CC1. The Morgan fingerprint density at radius 2 is 1.81 bits per heavy atom. The van der Waals surface area contributed by atoms with Crippen LogP contribution in [0.25, 0.3) is 0 Å². The third-order valence-corrected chi connectivity index (χ3v) is 6.90. The summed E-state index contributed by atoms with van der Waals surface area (Å²) in [6.07, 6.45) is 1.59. The van der Waals surface area contributed by atoms with E-state index in [9.17, 15) is 15.0 Å². The molecule has 2 N–H and O–H groups in total. The lowest BCUT2D eigenvalue weighted by Gasteiger charge is -2.40. The quantitative estimate of drug-likeness (QED) is 0.773. The topological polar surface area (TPSA) is 64.0 Å². The number of β-amino-alcohol motifs (C(OH)–C–C–N with tert-alkyl or cyclic N) is 1. The van der Waals surface area contributed by atoms with Crippen molar-refractivity contribution in [2.24, 2.45) is 5.92 Å². The summed E-state index contributed by atoms with van der Waals surface area (Å²) in [4.78, 5) is 16.5. The van der Waals surface area contributed by atoms with Crippen LogP contribution in [-0.2, 0) is 16.8 Å². The van der Waals surface area contributed by atoms with Crippen LogP contribution in [0.1, 0.15) is 55.0 Å². The van der Waals surface area contributed by atoms with E-state index in [1.165, 1.54) is 0 Å². The number of carbonyl (C=O) groups excluding carboxylic acids is 1. The molecule has 1 fully saturated rings. The lowest BCUT2D eigenvalue weighted by Crippen LogP contribution is -2.44. The number of piperidine rings is 1. The maximum Gasteiger partial charge on any atom is 0.229 e. The van der Waals surface area contributed by atoms with Gasteiger partial charge in [0.05, 0.1) is 11.7 Å². The van der Waals surface area contributed by atoms with E-state index in [2.05, 4.69) is 11.0 Å². The number of hydrogen-bond donors (Lipinski definition) is 2. The molecule has 2 aliphatic rings. The van der Waals surface area contributed by atoms with E-state index in [0.29, 0.717) is 19.4 Å². The lowest BCUT2D eigenvalue weighted by atomic mass is 9.82. The maximum atomic E-state index is 12.4. The highest BCUT2D eigenvalue weighted by Crippen LogP contribution is 2.36. The zero-order chi connectivity index (χ0) is 22.2. The summed E-state index contributed by atoms with van der Waals surface area (Å²) in [7, 11) is 0. The van der Waals surface area contributed by atoms with Crippen LogP contribution in [0, 0.1) is 12.8 Å². The van der Waals surface area contributed by atoms with Gasteiger partial charge in [0.1, 0.15) is 0 Å². The highest BCUT2D eigenvalue weighted by Gasteiger charge is 2.35. The van der Waals surface area contributed by atoms with Gasteiger partial charge in [0.2, 0.25) is 5.91 Å². The minimum Gasteiger partial charge on any atom is -0.387 e. The van der Waals surface area contributed by atoms with Crippen LogP contribution in [0.5, 0.6) is 0 Å². The molecule has 4 rings (SSSR count).